The number of rotatable bonds is 6. The van der Waals surface area contributed by atoms with Crippen LogP contribution < -0.4 is 0 Å². The van der Waals surface area contributed by atoms with E-state index < -0.39 is 0 Å². The molecule has 1 heteroatoms. The van der Waals surface area contributed by atoms with Gasteiger partial charge in [0, 0.05) is 6.61 Å². The van der Waals surface area contributed by atoms with Gasteiger partial charge < -0.3 is 4.74 Å². The summed E-state index contributed by atoms with van der Waals surface area (Å²) in [4.78, 5) is 0. The first-order chi connectivity index (χ1) is 6.43. The van der Waals surface area contributed by atoms with Crippen molar-refractivity contribution in [3.05, 3.63) is 42.3 Å². The highest BCUT2D eigenvalue weighted by atomic mass is 16.5. The molecule has 0 atom stereocenters. The Bertz CT molecular complexity index is 206. The molecule has 0 bridgehead atoms. The van der Waals surface area contributed by atoms with Crippen molar-refractivity contribution in [2.75, 3.05) is 6.61 Å². The Kier molecular flexibility index (Phi) is 5.27. The predicted octanol–water partition coefficient (Wildman–Crippen LogP) is 3.21. The fourth-order valence-corrected chi connectivity index (χ4v) is 1.14. The van der Waals surface area contributed by atoms with Gasteiger partial charge >= 0.3 is 0 Å². The smallest absolute Gasteiger partial charge is 0.0716 e. The fraction of sp³-hybridized carbons (Fsp3) is 0.417. The van der Waals surface area contributed by atoms with Gasteiger partial charge in [-0.1, -0.05) is 43.7 Å². The van der Waals surface area contributed by atoms with E-state index >= 15 is 0 Å². The Morgan fingerprint density at radius 2 is 2.00 bits per heavy atom. The van der Waals surface area contributed by atoms with Gasteiger partial charge in [-0.3, -0.25) is 0 Å². The van der Waals surface area contributed by atoms with Gasteiger partial charge in [0.05, 0.1) is 6.61 Å². The first kappa shape index (κ1) is 10.3. The molecule has 1 rings (SSSR count). The highest BCUT2D eigenvalue weighted by Crippen LogP contribution is 2.01. The molecule has 13 heavy (non-hydrogen) atoms. The summed E-state index contributed by atoms with van der Waals surface area (Å²) in [5.41, 5.74) is 1.25. The van der Waals surface area contributed by atoms with Crippen LogP contribution in [-0.4, -0.2) is 6.61 Å². The van der Waals surface area contributed by atoms with E-state index in [0.29, 0.717) is 0 Å². The molecule has 0 unspecified atom stereocenters. The molecule has 0 saturated carbocycles. The standard InChI is InChI=1S/C12H17O/c1-2-3-7-10-13-11-12-8-5-4-6-9-12/h3-6,8-9H,2,7,10-11H2,1H3. The Morgan fingerprint density at radius 3 is 2.69 bits per heavy atom. The average Bonchev–Trinajstić information content (AvgIpc) is 2.19. The number of hydrogen-bond donors (Lipinski definition) is 0. The van der Waals surface area contributed by atoms with Crippen molar-refractivity contribution < 1.29 is 4.74 Å². The van der Waals surface area contributed by atoms with Crippen LogP contribution in [0, 0.1) is 6.42 Å². The van der Waals surface area contributed by atoms with Crippen LogP contribution in [0.1, 0.15) is 25.3 Å². The third-order valence-corrected chi connectivity index (χ3v) is 1.87. The van der Waals surface area contributed by atoms with Gasteiger partial charge in [0.1, 0.15) is 0 Å². The first-order valence-electron chi connectivity index (χ1n) is 4.87. The largest absolute Gasteiger partial charge is 0.377 e. The van der Waals surface area contributed by atoms with Crippen LogP contribution in [0.3, 0.4) is 0 Å². The Hall–Kier alpha value is -0.820. The zero-order valence-electron chi connectivity index (χ0n) is 8.20. The van der Waals surface area contributed by atoms with Crippen LogP contribution in [0.15, 0.2) is 30.3 Å². The first-order valence-corrected chi connectivity index (χ1v) is 4.87. The molecule has 0 N–H and O–H groups in total. The monoisotopic (exact) mass is 177 g/mol. The molecule has 0 amide bonds. The molecule has 0 saturated heterocycles. The van der Waals surface area contributed by atoms with Crippen LogP contribution >= 0.6 is 0 Å². The molecule has 0 heterocycles. The van der Waals surface area contributed by atoms with Gasteiger partial charge in [-0.2, -0.15) is 0 Å². The van der Waals surface area contributed by atoms with Gasteiger partial charge in [-0.05, 0) is 18.4 Å². The molecule has 1 nitrogen and oxygen atoms in total. The maximum absolute atomic E-state index is 5.49. The second-order valence-corrected chi connectivity index (χ2v) is 3.02. The van der Waals surface area contributed by atoms with E-state index in [1.807, 2.05) is 18.2 Å². The maximum atomic E-state index is 5.49. The second-order valence-electron chi connectivity index (χ2n) is 3.02. The minimum Gasteiger partial charge on any atom is -0.377 e. The summed E-state index contributed by atoms with van der Waals surface area (Å²) in [6.07, 6.45) is 4.43. The van der Waals surface area contributed by atoms with Gasteiger partial charge in [0.25, 0.3) is 0 Å². The van der Waals surface area contributed by atoms with Crippen LogP contribution in [-0.2, 0) is 11.3 Å². The summed E-state index contributed by atoms with van der Waals surface area (Å²) < 4.78 is 5.49. The fourth-order valence-electron chi connectivity index (χ4n) is 1.14. The molecule has 71 valence electrons. The topological polar surface area (TPSA) is 9.23 Å². The number of ether oxygens (including phenoxy) is 1. The van der Waals surface area contributed by atoms with E-state index in [-0.39, 0.29) is 0 Å². The molecule has 0 aliphatic carbocycles. The zero-order valence-corrected chi connectivity index (χ0v) is 8.20. The maximum Gasteiger partial charge on any atom is 0.0716 e. The molecule has 0 spiro atoms. The molecule has 1 aromatic carbocycles. The van der Waals surface area contributed by atoms with Crippen LogP contribution in [0.4, 0.5) is 0 Å². The van der Waals surface area contributed by atoms with E-state index in [1.54, 1.807) is 0 Å². The van der Waals surface area contributed by atoms with Crippen molar-refractivity contribution in [2.24, 2.45) is 0 Å². The molecule has 0 fully saturated rings. The SMILES string of the molecule is CC[CH]CCOCc1ccccc1. The minimum absolute atomic E-state index is 0.735. The minimum atomic E-state index is 0.735. The summed E-state index contributed by atoms with van der Waals surface area (Å²) in [7, 11) is 0. The molecular formula is C12H17O. The molecule has 0 aliphatic rings. The highest BCUT2D eigenvalue weighted by molar-refractivity contribution is 5.13. The van der Waals surface area contributed by atoms with Crippen LogP contribution in [0.2, 0.25) is 0 Å². The van der Waals surface area contributed by atoms with Gasteiger partial charge in [0.15, 0.2) is 0 Å². The number of benzene rings is 1. The van der Waals surface area contributed by atoms with E-state index in [9.17, 15) is 0 Å². The summed E-state index contributed by atoms with van der Waals surface area (Å²) in [6.45, 7) is 3.72. The summed E-state index contributed by atoms with van der Waals surface area (Å²) in [5.74, 6) is 0. The molecule has 0 aromatic heterocycles. The third kappa shape index (κ3) is 4.69. The van der Waals surface area contributed by atoms with Gasteiger partial charge in [-0.25, -0.2) is 0 Å². The molecule has 0 aliphatic heterocycles. The van der Waals surface area contributed by atoms with Gasteiger partial charge in [-0.15, -0.1) is 0 Å². The van der Waals surface area contributed by atoms with E-state index in [1.165, 1.54) is 5.56 Å². The quantitative estimate of drug-likeness (QED) is 0.606. The van der Waals surface area contributed by atoms with Gasteiger partial charge in [0.2, 0.25) is 0 Å². The van der Waals surface area contributed by atoms with Crippen molar-refractivity contribution >= 4 is 0 Å². The van der Waals surface area contributed by atoms with Crippen molar-refractivity contribution in [3.8, 4) is 0 Å². The normalized spacial score (nSPS) is 10.2. The molecule has 1 radical (unpaired) electrons. The number of unbranched alkanes of at least 4 members (excludes halogenated alkanes) is 2. The zero-order chi connectivity index (χ0) is 9.36. The predicted molar refractivity (Wildman–Crippen MR) is 55.3 cm³/mol. The van der Waals surface area contributed by atoms with Crippen molar-refractivity contribution in [2.45, 2.75) is 26.4 Å². The van der Waals surface area contributed by atoms with E-state index in [4.69, 9.17) is 4.74 Å². The molecular weight excluding hydrogens is 160 g/mol. The lowest BCUT2D eigenvalue weighted by molar-refractivity contribution is 0.123. The van der Waals surface area contributed by atoms with Crippen molar-refractivity contribution in [1.29, 1.82) is 0 Å². The van der Waals surface area contributed by atoms with Crippen molar-refractivity contribution in [1.82, 2.24) is 0 Å². The lowest BCUT2D eigenvalue weighted by Gasteiger charge is -2.02. The summed E-state index contributed by atoms with van der Waals surface area (Å²) >= 11 is 0. The lowest BCUT2D eigenvalue weighted by atomic mass is 10.2. The average molecular weight is 177 g/mol. The van der Waals surface area contributed by atoms with Crippen LogP contribution in [0.5, 0.6) is 0 Å². The second kappa shape index (κ2) is 6.67. The van der Waals surface area contributed by atoms with Crippen LogP contribution in [0.25, 0.3) is 0 Å². The summed E-state index contributed by atoms with van der Waals surface area (Å²) in [6, 6.07) is 10.3. The van der Waals surface area contributed by atoms with E-state index in [0.717, 1.165) is 26.1 Å². The molecule has 1 aromatic rings. The number of hydrogen-bond acceptors (Lipinski definition) is 1. The Labute approximate surface area is 80.7 Å². The highest BCUT2D eigenvalue weighted by Gasteiger charge is 1.91. The third-order valence-electron chi connectivity index (χ3n) is 1.87. The Balaban J connectivity index is 2.07. The lowest BCUT2D eigenvalue weighted by Crippen LogP contribution is -1.95. The van der Waals surface area contributed by atoms with E-state index in [2.05, 4.69) is 25.5 Å². The Morgan fingerprint density at radius 1 is 1.23 bits per heavy atom. The summed E-state index contributed by atoms with van der Waals surface area (Å²) in [5, 5.41) is 0. The van der Waals surface area contributed by atoms with Crippen molar-refractivity contribution in [3.63, 3.8) is 0 Å².